The van der Waals surface area contributed by atoms with E-state index in [0.29, 0.717) is 10.7 Å². The number of sulfonamides is 1. The van der Waals surface area contributed by atoms with Gasteiger partial charge in [0, 0.05) is 15.5 Å². The molecule has 4 nitrogen and oxygen atoms in total. The summed E-state index contributed by atoms with van der Waals surface area (Å²) < 4.78 is 37.3. The molecule has 1 aromatic heterocycles. The molecule has 0 bridgehead atoms. The molecule has 0 atom stereocenters. The molecule has 0 amide bonds. The zero-order chi connectivity index (χ0) is 21.3. The minimum absolute atomic E-state index is 0.0262. The van der Waals surface area contributed by atoms with Gasteiger partial charge in [-0.2, -0.15) is 0 Å². The second-order valence-electron chi connectivity index (χ2n) is 6.29. The fourth-order valence-corrected chi connectivity index (χ4v) is 5.74. The maximum Gasteiger partial charge on any atom is 0.238 e. The van der Waals surface area contributed by atoms with Crippen LogP contribution in [0.2, 0.25) is 5.02 Å². The Morgan fingerprint density at radius 1 is 0.967 bits per heavy atom. The number of halogens is 2. The lowest BCUT2D eigenvalue weighted by atomic mass is 10.1. The molecule has 0 radical (unpaired) electrons. The summed E-state index contributed by atoms with van der Waals surface area (Å²) in [6.45, 7) is 0. The predicted molar refractivity (Wildman–Crippen MR) is 120 cm³/mol. The Hall–Kier alpha value is -2.23. The van der Waals surface area contributed by atoms with Crippen LogP contribution in [0.1, 0.15) is 0 Å². The number of hydrogen-bond acceptors (Lipinski definition) is 5. The standard InChI is InChI=1S/C21H14ClFN2O2S3/c22-15-2-1-3-17(12-15)28-21-25-19(13-6-10-18(11-7-13)30(24,26)27)20(29-21)14-4-8-16(23)9-5-14/h1-12H,(H2,24,26,27). The van der Waals surface area contributed by atoms with E-state index in [1.807, 2.05) is 18.2 Å². The summed E-state index contributed by atoms with van der Waals surface area (Å²) in [5, 5.41) is 5.83. The summed E-state index contributed by atoms with van der Waals surface area (Å²) in [4.78, 5) is 6.58. The Balaban J connectivity index is 1.79. The van der Waals surface area contributed by atoms with Gasteiger partial charge in [-0.05, 0) is 48.0 Å². The molecule has 3 aromatic carbocycles. The third kappa shape index (κ3) is 4.74. The van der Waals surface area contributed by atoms with Gasteiger partial charge in [0.1, 0.15) is 5.82 Å². The normalized spacial score (nSPS) is 11.6. The third-order valence-corrected chi connectivity index (χ3v) is 7.49. The summed E-state index contributed by atoms with van der Waals surface area (Å²) in [6, 6.07) is 19.9. The Morgan fingerprint density at radius 3 is 2.27 bits per heavy atom. The average molecular weight is 477 g/mol. The Morgan fingerprint density at radius 2 is 1.63 bits per heavy atom. The number of hydrogen-bond donors (Lipinski definition) is 1. The monoisotopic (exact) mass is 476 g/mol. The Bertz CT molecular complexity index is 1310. The maximum atomic E-state index is 13.4. The highest BCUT2D eigenvalue weighted by molar-refractivity contribution is 8.01. The molecule has 1 heterocycles. The van der Waals surface area contributed by atoms with Gasteiger partial charge in [0.25, 0.3) is 0 Å². The molecule has 0 aliphatic carbocycles. The third-order valence-electron chi connectivity index (χ3n) is 4.17. The molecule has 9 heteroatoms. The van der Waals surface area contributed by atoms with Crippen molar-refractivity contribution in [2.45, 2.75) is 14.1 Å². The van der Waals surface area contributed by atoms with Gasteiger partial charge in [-0.3, -0.25) is 0 Å². The van der Waals surface area contributed by atoms with E-state index in [4.69, 9.17) is 21.7 Å². The van der Waals surface area contributed by atoms with E-state index in [-0.39, 0.29) is 10.7 Å². The van der Waals surface area contributed by atoms with Gasteiger partial charge in [0.05, 0.1) is 15.5 Å². The lowest BCUT2D eigenvalue weighted by molar-refractivity contribution is 0.598. The predicted octanol–water partition coefficient (Wildman–Crippen LogP) is 6.07. The fraction of sp³-hybridized carbons (Fsp3) is 0. The smallest absolute Gasteiger partial charge is 0.229 e. The summed E-state index contributed by atoms with van der Waals surface area (Å²) in [5.41, 5.74) is 2.23. The molecule has 0 aliphatic rings. The Labute approximate surface area is 186 Å². The van der Waals surface area contributed by atoms with Crippen molar-refractivity contribution in [2.75, 3.05) is 0 Å². The van der Waals surface area contributed by atoms with Crippen LogP contribution in [0, 0.1) is 5.82 Å². The van der Waals surface area contributed by atoms with Crippen LogP contribution < -0.4 is 5.14 Å². The van der Waals surface area contributed by atoms with Gasteiger partial charge in [-0.25, -0.2) is 22.9 Å². The van der Waals surface area contributed by atoms with Gasteiger partial charge >= 0.3 is 0 Å². The van der Waals surface area contributed by atoms with E-state index in [2.05, 4.69) is 0 Å². The molecule has 0 spiro atoms. The van der Waals surface area contributed by atoms with E-state index < -0.39 is 10.0 Å². The van der Waals surface area contributed by atoms with E-state index >= 15 is 0 Å². The highest BCUT2D eigenvalue weighted by Gasteiger charge is 2.17. The van der Waals surface area contributed by atoms with Gasteiger partial charge in [-0.1, -0.05) is 53.7 Å². The van der Waals surface area contributed by atoms with Crippen LogP contribution in [0.3, 0.4) is 0 Å². The zero-order valence-electron chi connectivity index (χ0n) is 15.2. The summed E-state index contributed by atoms with van der Waals surface area (Å²) in [6.07, 6.45) is 0. The lowest BCUT2D eigenvalue weighted by Crippen LogP contribution is -2.11. The minimum atomic E-state index is -3.78. The molecule has 0 saturated carbocycles. The maximum absolute atomic E-state index is 13.4. The Kier molecular flexibility index (Phi) is 5.95. The molecule has 4 rings (SSSR count). The van der Waals surface area contributed by atoms with Crippen molar-refractivity contribution in [3.8, 4) is 21.7 Å². The first-order chi connectivity index (χ1) is 14.3. The van der Waals surface area contributed by atoms with Crippen molar-refractivity contribution in [1.82, 2.24) is 4.98 Å². The second kappa shape index (κ2) is 8.49. The molecule has 0 saturated heterocycles. The van der Waals surface area contributed by atoms with Crippen LogP contribution in [0.15, 0.2) is 86.9 Å². The van der Waals surface area contributed by atoms with Crippen molar-refractivity contribution in [3.05, 3.63) is 83.6 Å². The van der Waals surface area contributed by atoms with Crippen LogP contribution >= 0.6 is 34.7 Å². The number of rotatable bonds is 5. The fourth-order valence-electron chi connectivity index (χ4n) is 2.77. The van der Waals surface area contributed by atoms with Crippen molar-refractivity contribution in [1.29, 1.82) is 0 Å². The van der Waals surface area contributed by atoms with Crippen molar-refractivity contribution < 1.29 is 12.8 Å². The van der Waals surface area contributed by atoms with Crippen LogP contribution in [0.25, 0.3) is 21.7 Å². The largest absolute Gasteiger partial charge is 0.238 e. The number of primary sulfonamides is 1. The topological polar surface area (TPSA) is 73.1 Å². The molecular weight excluding hydrogens is 463 g/mol. The molecule has 30 heavy (non-hydrogen) atoms. The lowest BCUT2D eigenvalue weighted by Gasteiger charge is -2.04. The molecular formula is C21H14ClFN2O2S3. The van der Waals surface area contributed by atoms with E-state index in [1.54, 1.807) is 30.3 Å². The van der Waals surface area contributed by atoms with Crippen LogP contribution in [-0.4, -0.2) is 13.4 Å². The van der Waals surface area contributed by atoms with E-state index in [0.717, 1.165) is 25.2 Å². The molecule has 4 aromatic rings. The quantitative estimate of drug-likeness (QED) is 0.379. The number of benzene rings is 3. The van der Waals surface area contributed by atoms with Crippen LogP contribution in [0.4, 0.5) is 4.39 Å². The van der Waals surface area contributed by atoms with Gasteiger partial charge in [-0.15, -0.1) is 11.3 Å². The molecule has 0 aliphatic heterocycles. The van der Waals surface area contributed by atoms with E-state index in [9.17, 15) is 12.8 Å². The van der Waals surface area contributed by atoms with Crippen molar-refractivity contribution in [3.63, 3.8) is 0 Å². The van der Waals surface area contributed by atoms with Gasteiger partial charge in [0.2, 0.25) is 10.0 Å². The van der Waals surface area contributed by atoms with Gasteiger partial charge in [0.15, 0.2) is 4.34 Å². The second-order valence-corrected chi connectivity index (χ2v) is 10.6. The highest BCUT2D eigenvalue weighted by Crippen LogP contribution is 2.42. The first-order valence-electron chi connectivity index (χ1n) is 8.63. The van der Waals surface area contributed by atoms with Crippen LogP contribution in [0.5, 0.6) is 0 Å². The zero-order valence-corrected chi connectivity index (χ0v) is 18.5. The number of thiazole rings is 1. The number of nitrogens with two attached hydrogens (primary N) is 1. The average Bonchev–Trinajstić information content (AvgIpc) is 3.12. The summed E-state index contributed by atoms with van der Waals surface area (Å²) in [7, 11) is -3.78. The van der Waals surface area contributed by atoms with E-state index in [1.165, 1.54) is 47.4 Å². The first-order valence-corrected chi connectivity index (χ1v) is 12.2. The van der Waals surface area contributed by atoms with Crippen molar-refractivity contribution >= 4 is 44.7 Å². The highest BCUT2D eigenvalue weighted by atomic mass is 35.5. The number of nitrogens with zero attached hydrogens (tertiary/aromatic N) is 1. The summed E-state index contributed by atoms with van der Waals surface area (Å²) in [5.74, 6) is -0.323. The summed E-state index contributed by atoms with van der Waals surface area (Å²) >= 11 is 9.02. The van der Waals surface area contributed by atoms with Crippen molar-refractivity contribution in [2.24, 2.45) is 5.14 Å². The number of aromatic nitrogens is 1. The molecule has 0 unspecified atom stereocenters. The SMILES string of the molecule is NS(=O)(=O)c1ccc(-c2nc(Sc3cccc(Cl)c3)sc2-c2ccc(F)cc2)cc1. The molecule has 152 valence electrons. The first kappa shape index (κ1) is 21.0. The van der Waals surface area contributed by atoms with Gasteiger partial charge < -0.3 is 0 Å². The minimum Gasteiger partial charge on any atom is -0.229 e. The van der Waals surface area contributed by atoms with Crippen LogP contribution in [-0.2, 0) is 10.0 Å². The molecule has 2 N–H and O–H groups in total. The molecule has 0 fully saturated rings.